The van der Waals surface area contributed by atoms with Gasteiger partial charge in [0.2, 0.25) is 10.0 Å². The van der Waals surface area contributed by atoms with Crippen molar-refractivity contribution in [3.8, 4) is 0 Å². The van der Waals surface area contributed by atoms with Crippen LogP contribution in [-0.4, -0.2) is 23.3 Å². The third-order valence-corrected chi connectivity index (χ3v) is 4.71. The first kappa shape index (κ1) is 15.7. The Morgan fingerprint density at radius 2 is 2.00 bits per heavy atom. The summed E-state index contributed by atoms with van der Waals surface area (Å²) in [4.78, 5) is 0.106. The van der Waals surface area contributed by atoms with Gasteiger partial charge < -0.3 is 5.11 Å². The molecule has 0 bridgehead atoms. The molecule has 7 heteroatoms. The van der Waals surface area contributed by atoms with Crippen LogP contribution >= 0.6 is 0 Å². The Morgan fingerprint density at radius 3 is 2.67 bits per heavy atom. The quantitative estimate of drug-likeness (QED) is 0.832. The smallest absolute Gasteiger partial charge is 0.241 e. The van der Waals surface area contributed by atoms with E-state index in [0.717, 1.165) is 17.7 Å². The van der Waals surface area contributed by atoms with Crippen molar-refractivity contribution in [2.24, 2.45) is 7.05 Å². The molecule has 0 aliphatic carbocycles. The summed E-state index contributed by atoms with van der Waals surface area (Å²) in [7, 11) is -1.86. The number of aromatic nitrogens is 2. The van der Waals surface area contributed by atoms with Crippen LogP contribution in [0.25, 0.3) is 0 Å². The fourth-order valence-electron chi connectivity index (χ4n) is 2.18. The van der Waals surface area contributed by atoms with Gasteiger partial charge in [-0.15, -0.1) is 0 Å². The van der Waals surface area contributed by atoms with E-state index in [-0.39, 0.29) is 18.0 Å². The first-order valence-electron chi connectivity index (χ1n) is 6.67. The molecule has 0 saturated heterocycles. The average molecular weight is 309 g/mol. The van der Waals surface area contributed by atoms with E-state index in [1.807, 2.05) is 6.92 Å². The lowest BCUT2D eigenvalue weighted by Gasteiger charge is -2.09. The van der Waals surface area contributed by atoms with Crippen molar-refractivity contribution >= 4 is 10.0 Å². The molecule has 1 heterocycles. The van der Waals surface area contributed by atoms with Gasteiger partial charge >= 0.3 is 0 Å². The predicted octanol–water partition coefficient (Wildman–Crippen LogP) is 0.953. The van der Waals surface area contributed by atoms with E-state index in [2.05, 4.69) is 9.82 Å². The molecule has 2 rings (SSSR count). The molecular weight excluding hydrogens is 290 g/mol. The van der Waals surface area contributed by atoms with Crippen LogP contribution in [0.2, 0.25) is 0 Å². The van der Waals surface area contributed by atoms with E-state index in [4.69, 9.17) is 0 Å². The summed E-state index contributed by atoms with van der Waals surface area (Å²) in [6.45, 7) is 1.84. The van der Waals surface area contributed by atoms with E-state index >= 15 is 0 Å². The largest absolute Gasteiger partial charge is 0.392 e. The molecule has 0 aliphatic heterocycles. The molecule has 0 saturated carbocycles. The zero-order valence-corrected chi connectivity index (χ0v) is 12.9. The van der Waals surface area contributed by atoms with Gasteiger partial charge in [-0.05, 0) is 18.1 Å². The topological polar surface area (TPSA) is 84.2 Å². The number of sulfonamides is 1. The Kier molecular flexibility index (Phi) is 4.76. The molecule has 0 amide bonds. The summed E-state index contributed by atoms with van der Waals surface area (Å²) in [6.07, 6.45) is 2.55. The minimum atomic E-state index is -3.66. The van der Waals surface area contributed by atoms with Gasteiger partial charge in [0.05, 0.1) is 17.2 Å². The number of hydrogen-bond donors (Lipinski definition) is 2. The number of rotatable bonds is 6. The van der Waals surface area contributed by atoms with Crippen molar-refractivity contribution in [3.05, 3.63) is 47.3 Å². The molecule has 2 N–H and O–H groups in total. The van der Waals surface area contributed by atoms with Crippen molar-refractivity contribution in [1.29, 1.82) is 0 Å². The molecule has 0 unspecified atom stereocenters. The van der Waals surface area contributed by atoms with Gasteiger partial charge in [0.15, 0.2) is 0 Å². The monoisotopic (exact) mass is 309 g/mol. The first-order chi connectivity index (χ1) is 9.97. The van der Waals surface area contributed by atoms with E-state index in [0.29, 0.717) is 5.56 Å². The Morgan fingerprint density at radius 1 is 1.29 bits per heavy atom. The third-order valence-electron chi connectivity index (χ3n) is 3.21. The molecule has 6 nitrogen and oxygen atoms in total. The normalized spacial score (nSPS) is 11.8. The van der Waals surface area contributed by atoms with Crippen LogP contribution in [0.1, 0.15) is 23.7 Å². The second-order valence-corrected chi connectivity index (χ2v) is 6.45. The highest BCUT2D eigenvalue weighted by Crippen LogP contribution is 2.16. The standard InChI is InChI=1S/C14H19N3O3S/c1-3-13-12(9-17(2)16-13)8-15-21(19,20)14-7-5-4-6-11(14)10-18/h4-7,9,15,18H,3,8,10H2,1-2H3. The number of nitrogens with zero attached hydrogens (tertiary/aromatic N) is 2. The predicted molar refractivity (Wildman–Crippen MR) is 79.0 cm³/mol. The van der Waals surface area contributed by atoms with Crippen LogP contribution in [0, 0.1) is 0 Å². The van der Waals surface area contributed by atoms with Crippen LogP contribution in [-0.2, 0) is 36.6 Å². The fraction of sp³-hybridized carbons (Fsp3) is 0.357. The Bertz CT molecular complexity index is 723. The summed E-state index contributed by atoms with van der Waals surface area (Å²) >= 11 is 0. The van der Waals surface area contributed by atoms with E-state index < -0.39 is 10.0 Å². The molecule has 21 heavy (non-hydrogen) atoms. The number of aliphatic hydroxyl groups is 1. The second kappa shape index (κ2) is 6.38. The average Bonchev–Trinajstić information content (AvgIpc) is 2.85. The summed E-state index contributed by atoms with van der Waals surface area (Å²) < 4.78 is 28.9. The van der Waals surface area contributed by atoms with Crippen molar-refractivity contribution in [2.75, 3.05) is 0 Å². The molecule has 0 spiro atoms. The highest BCUT2D eigenvalue weighted by molar-refractivity contribution is 7.89. The van der Waals surface area contributed by atoms with Gasteiger partial charge in [-0.3, -0.25) is 4.68 Å². The minimum absolute atomic E-state index is 0.106. The van der Waals surface area contributed by atoms with Crippen molar-refractivity contribution in [2.45, 2.75) is 31.4 Å². The van der Waals surface area contributed by atoms with Crippen LogP contribution in [0.15, 0.2) is 35.4 Å². The summed E-state index contributed by atoms with van der Waals surface area (Å²) in [6, 6.07) is 6.41. The number of benzene rings is 1. The van der Waals surface area contributed by atoms with E-state index in [1.54, 1.807) is 36.1 Å². The summed E-state index contributed by atoms with van der Waals surface area (Å²) in [5, 5.41) is 13.5. The van der Waals surface area contributed by atoms with Gasteiger partial charge in [-0.25, -0.2) is 13.1 Å². The Balaban J connectivity index is 2.22. The Hall–Kier alpha value is -1.70. The van der Waals surface area contributed by atoms with Crippen LogP contribution in [0.5, 0.6) is 0 Å². The highest BCUT2D eigenvalue weighted by atomic mass is 32.2. The highest BCUT2D eigenvalue weighted by Gasteiger charge is 2.18. The fourth-order valence-corrected chi connectivity index (χ4v) is 3.41. The third kappa shape index (κ3) is 3.49. The van der Waals surface area contributed by atoms with Gasteiger partial charge in [-0.1, -0.05) is 25.1 Å². The summed E-state index contributed by atoms with van der Waals surface area (Å²) in [5.74, 6) is 0. The maximum absolute atomic E-state index is 12.3. The number of nitrogens with one attached hydrogen (secondary N) is 1. The first-order valence-corrected chi connectivity index (χ1v) is 8.16. The zero-order chi connectivity index (χ0) is 15.5. The molecule has 114 valence electrons. The van der Waals surface area contributed by atoms with Gasteiger partial charge in [0.25, 0.3) is 0 Å². The Labute approximate surface area is 124 Å². The molecule has 0 atom stereocenters. The molecular formula is C14H19N3O3S. The maximum Gasteiger partial charge on any atom is 0.241 e. The lowest BCUT2D eigenvalue weighted by Crippen LogP contribution is -2.24. The van der Waals surface area contributed by atoms with E-state index in [1.165, 1.54) is 6.07 Å². The molecule has 2 aromatic rings. The SMILES string of the molecule is CCc1nn(C)cc1CNS(=O)(=O)c1ccccc1CO. The molecule has 0 fully saturated rings. The lowest BCUT2D eigenvalue weighted by atomic mass is 10.2. The van der Waals surface area contributed by atoms with Crippen LogP contribution < -0.4 is 4.72 Å². The minimum Gasteiger partial charge on any atom is -0.392 e. The van der Waals surface area contributed by atoms with Crippen molar-refractivity contribution in [3.63, 3.8) is 0 Å². The number of aryl methyl sites for hydroxylation is 2. The lowest BCUT2D eigenvalue weighted by molar-refractivity contribution is 0.278. The van der Waals surface area contributed by atoms with Crippen LogP contribution in [0.4, 0.5) is 0 Å². The molecule has 0 aliphatic rings. The number of aliphatic hydroxyl groups excluding tert-OH is 1. The van der Waals surface area contributed by atoms with Gasteiger partial charge in [0.1, 0.15) is 0 Å². The summed E-state index contributed by atoms with van der Waals surface area (Å²) in [5.41, 5.74) is 2.10. The van der Waals surface area contributed by atoms with Crippen LogP contribution in [0.3, 0.4) is 0 Å². The molecule has 1 aromatic carbocycles. The number of hydrogen-bond acceptors (Lipinski definition) is 4. The van der Waals surface area contributed by atoms with Crippen molar-refractivity contribution in [1.82, 2.24) is 14.5 Å². The van der Waals surface area contributed by atoms with Crippen molar-refractivity contribution < 1.29 is 13.5 Å². The van der Waals surface area contributed by atoms with Gasteiger partial charge in [0, 0.05) is 25.4 Å². The molecule has 1 aromatic heterocycles. The molecule has 0 radical (unpaired) electrons. The second-order valence-electron chi connectivity index (χ2n) is 4.72. The zero-order valence-electron chi connectivity index (χ0n) is 12.1. The van der Waals surface area contributed by atoms with Gasteiger partial charge in [-0.2, -0.15) is 5.10 Å². The maximum atomic E-state index is 12.3. The van der Waals surface area contributed by atoms with E-state index in [9.17, 15) is 13.5 Å².